The van der Waals surface area contributed by atoms with E-state index in [9.17, 15) is 5.11 Å². The predicted molar refractivity (Wildman–Crippen MR) is 62.4 cm³/mol. The van der Waals surface area contributed by atoms with Crippen LogP contribution in [0.5, 0.6) is 5.75 Å². The molecular weight excluding hydrogens is 188 g/mol. The van der Waals surface area contributed by atoms with Crippen molar-refractivity contribution < 1.29 is 5.11 Å². The minimum absolute atomic E-state index is 0.173. The zero-order valence-electron chi connectivity index (χ0n) is 8.14. The van der Waals surface area contributed by atoms with Gasteiger partial charge in [-0.1, -0.05) is 12.1 Å². The summed E-state index contributed by atoms with van der Waals surface area (Å²) in [5.41, 5.74) is 14.6. The number of hydrogen-bond donors (Lipinski definition) is 3. The van der Waals surface area contributed by atoms with Gasteiger partial charge in [0.15, 0.2) is 0 Å². The molecule has 15 heavy (non-hydrogen) atoms. The van der Waals surface area contributed by atoms with Crippen LogP contribution in [0.1, 0.15) is 0 Å². The first-order valence-electron chi connectivity index (χ1n) is 4.61. The average molecular weight is 200 g/mol. The Hall–Kier alpha value is -2.16. The summed E-state index contributed by atoms with van der Waals surface area (Å²) in [5, 5.41) is 9.23. The standard InChI is InChI=1S/C12H12N2O/c13-9-3-1-8(2-4-9)11-6-5-10(15)7-12(11)14/h1-7,15H,13-14H2. The molecule has 0 amide bonds. The van der Waals surface area contributed by atoms with E-state index in [0.717, 1.165) is 16.8 Å². The average Bonchev–Trinajstić information content (AvgIpc) is 2.20. The SMILES string of the molecule is Nc1ccc(-c2ccc(O)cc2N)cc1. The number of nitrogens with two attached hydrogens (primary N) is 2. The smallest absolute Gasteiger partial charge is 0.117 e. The van der Waals surface area contributed by atoms with Crippen molar-refractivity contribution in [3.63, 3.8) is 0 Å². The largest absolute Gasteiger partial charge is 0.508 e. The number of nitrogen functional groups attached to an aromatic ring is 2. The van der Waals surface area contributed by atoms with Gasteiger partial charge in [0.2, 0.25) is 0 Å². The van der Waals surface area contributed by atoms with E-state index in [4.69, 9.17) is 11.5 Å². The molecule has 0 aliphatic carbocycles. The van der Waals surface area contributed by atoms with Gasteiger partial charge in [0, 0.05) is 23.0 Å². The number of anilines is 2. The first-order chi connectivity index (χ1) is 7.16. The molecule has 0 spiro atoms. The number of phenols is 1. The van der Waals surface area contributed by atoms with Crippen molar-refractivity contribution in [3.8, 4) is 16.9 Å². The summed E-state index contributed by atoms with van der Waals surface area (Å²) in [7, 11) is 0. The van der Waals surface area contributed by atoms with Crippen molar-refractivity contribution in [2.75, 3.05) is 11.5 Å². The van der Waals surface area contributed by atoms with E-state index in [-0.39, 0.29) is 5.75 Å². The molecule has 0 saturated carbocycles. The van der Waals surface area contributed by atoms with E-state index in [0.29, 0.717) is 5.69 Å². The second-order valence-electron chi connectivity index (χ2n) is 3.39. The molecule has 0 saturated heterocycles. The highest BCUT2D eigenvalue weighted by atomic mass is 16.3. The Kier molecular flexibility index (Phi) is 2.21. The first kappa shape index (κ1) is 9.40. The maximum atomic E-state index is 9.23. The molecule has 0 heterocycles. The van der Waals surface area contributed by atoms with Gasteiger partial charge in [0.05, 0.1) is 0 Å². The van der Waals surface area contributed by atoms with Crippen LogP contribution in [0.25, 0.3) is 11.1 Å². The maximum Gasteiger partial charge on any atom is 0.117 e. The summed E-state index contributed by atoms with van der Waals surface area (Å²) >= 11 is 0. The van der Waals surface area contributed by atoms with Crippen LogP contribution in [0.2, 0.25) is 0 Å². The zero-order valence-corrected chi connectivity index (χ0v) is 8.14. The van der Waals surface area contributed by atoms with Gasteiger partial charge in [0.25, 0.3) is 0 Å². The number of phenolic OH excluding ortho intramolecular Hbond substituents is 1. The molecule has 5 N–H and O–H groups in total. The molecule has 0 atom stereocenters. The molecular formula is C12H12N2O. The van der Waals surface area contributed by atoms with Crippen molar-refractivity contribution in [2.24, 2.45) is 0 Å². The Morgan fingerprint density at radius 2 is 1.53 bits per heavy atom. The summed E-state index contributed by atoms with van der Waals surface area (Å²) in [4.78, 5) is 0. The Morgan fingerprint density at radius 1 is 0.867 bits per heavy atom. The number of rotatable bonds is 1. The highest BCUT2D eigenvalue weighted by Gasteiger charge is 2.02. The number of hydrogen-bond acceptors (Lipinski definition) is 3. The molecule has 3 heteroatoms. The van der Waals surface area contributed by atoms with Crippen LogP contribution in [0, 0.1) is 0 Å². The van der Waals surface area contributed by atoms with E-state index in [1.54, 1.807) is 12.1 Å². The quantitative estimate of drug-likeness (QED) is 0.618. The molecule has 2 aromatic carbocycles. The lowest BCUT2D eigenvalue weighted by Crippen LogP contribution is -1.90. The molecule has 0 fully saturated rings. The third-order valence-electron chi connectivity index (χ3n) is 2.26. The molecule has 0 aromatic heterocycles. The van der Waals surface area contributed by atoms with E-state index < -0.39 is 0 Å². The molecule has 3 nitrogen and oxygen atoms in total. The third kappa shape index (κ3) is 1.86. The second-order valence-corrected chi connectivity index (χ2v) is 3.39. The Labute approximate surface area is 88.0 Å². The van der Waals surface area contributed by atoms with Gasteiger partial charge in [0.1, 0.15) is 5.75 Å². The fourth-order valence-corrected chi connectivity index (χ4v) is 1.48. The van der Waals surface area contributed by atoms with Crippen molar-refractivity contribution in [1.82, 2.24) is 0 Å². The van der Waals surface area contributed by atoms with Crippen molar-refractivity contribution in [2.45, 2.75) is 0 Å². The third-order valence-corrected chi connectivity index (χ3v) is 2.26. The van der Waals surface area contributed by atoms with Crippen LogP contribution < -0.4 is 11.5 Å². The van der Waals surface area contributed by atoms with E-state index in [1.807, 2.05) is 24.3 Å². The van der Waals surface area contributed by atoms with Crippen LogP contribution in [0.4, 0.5) is 11.4 Å². The molecule has 0 unspecified atom stereocenters. The zero-order chi connectivity index (χ0) is 10.8. The lowest BCUT2D eigenvalue weighted by atomic mass is 10.0. The topological polar surface area (TPSA) is 72.3 Å². The number of benzene rings is 2. The summed E-state index contributed by atoms with van der Waals surface area (Å²) in [6, 6.07) is 12.4. The number of aromatic hydroxyl groups is 1. The van der Waals surface area contributed by atoms with Gasteiger partial charge in [-0.05, 0) is 29.8 Å². The Morgan fingerprint density at radius 3 is 2.13 bits per heavy atom. The van der Waals surface area contributed by atoms with Gasteiger partial charge in [-0.2, -0.15) is 0 Å². The Balaban J connectivity index is 2.49. The fraction of sp³-hybridized carbons (Fsp3) is 0. The highest BCUT2D eigenvalue weighted by molar-refractivity contribution is 5.77. The van der Waals surface area contributed by atoms with Crippen LogP contribution in [0.15, 0.2) is 42.5 Å². The van der Waals surface area contributed by atoms with E-state index >= 15 is 0 Å². The van der Waals surface area contributed by atoms with Crippen LogP contribution in [-0.4, -0.2) is 5.11 Å². The van der Waals surface area contributed by atoms with Crippen LogP contribution in [-0.2, 0) is 0 Å². The lowest BCUT2D eigenvalue weighted by molar-refractivity contribution is 0.476. The van der Waals surface area contributed by atoms with Crippen LogP contribution >= 0.6 is 0 Å². The first-order valence-corrected chi connectivity index (χ1v) is 4.61. The maximum absolute atomic E-state index is 9.23. The second kappa shape index (κ2) is 3.53. The van der Waals surface area contributed by atoms with Gasteiger partial charge in [-0.3, -0.25) is 0 Å². The molecule has 2 rings (SSSR count). The monoisotopic (exact) mass is 200 g/mol. The van der Waals surface area contributed by atoms with Gasteiger partial charge in [-0.15, -0.1) is 0 Å². The molecule has 0 aliphatic rings. The predicted octanol–water partition coefficient (Wildman–Crippen LogP) is 2.22. The molecule has 0 bridgehead atoms. The summed E-state index contributed by atoms with van der Waals surface area (Å²) in [6.45, 7) is 0. The highest BCUT2D eigenvalue weighted by Crippen LogP contribution is 2.29. The van der Waals surface area contributed by atoms with E-state index in [1.165, 1.54) is 6.07 Å². The van der Waals surface area contributed by atoms with Crippen molar-refractivity contribution in [1.29, 1.82) is 0 Å². The Bertz CT molecular complexity index is 477. The minimum Gasteiger partial charge on any atom is -0.508 e. The summed E-state index contributed by atoms with van der Waals surface area (Å²) < 4.78 is 0. The summed E-state index contributed by atoms with van der Waals surface area (Å²) in [6.07, 6.45) is 0. The van der Waals surface area contributed by atoms with Crippen molar-refractivity contribution in [3.05, 3.63) is 42.5 Å². The van der Waals surface area contributed by atoms with Gasteiger partial charge < -0.3 is 16.6 Å². The fourth-order valence-electron chi connectivity index (χ4n) is 1.48. The molecule has 0 radical (unpaired) electrons. The lowest BCUT2D eigenvalue weighted by Gasteiger charge is -2.06. The molecule has 76 valence electrons. The van der Waals surface area contributed by atoms with Crippen molar-refractivity contribution >= 4 is 11.4 Å². The minimum atomic E-state index is 0.173. The van der Waals surface area contributed by atoms with Crippen LogP contribution in [0.3, 0.4) is 0 Å². The normalized spacial score (nSPS) is 10.1. The molecule has 0 aliphatic heterocycles. The summed E-state index contributed by atoms with van der Waals surface area (Å²) in [5.74, 6) is 0.173. The van der Waals surface area contributed by atoms with E-state index in [2.05, 4.69) is 0 Å². The molecule has 2 aromatic rings. The van der Waals surface area contributed by atoms with Gasteiger partial charge >= 0.3 is 0 Å². The van der Waals surface area contributed by atoms with Gasteiger partial charge in [-0.25, -0.2) is 0 Å².